The summed E-state index contributed by atoms with van der Waals surface area (Å²) in [5.74, 6) is 0.609. The summed E-state index contributed by atoms with van der Waals surface area (Å²) in [5.41, 5.74) is -0.879. The van der Waals surface area contributed by atoms with Gasteiger partial charge >= 0.3 is 5.97 Å². The van der Waals surface area contributed by atoms with E-state index in [0.29, 0.717) is 22.3 Å². The summed E-state index contributed by atoms with van der Waals surface area (Å²) < 4.78 is 13.0. The SMILES string of the molecule is O=C(OC1C[N+]2(CCCOc3ccc(CO)cc3)CCC1CC2)C(O)(c1cccs1)c1cccs1. The fourth-order valence-corrected chi connectivity index (χ4v) is 7.18. The Morgan fingerprint density at radius 3 is 2.26 bits per heavy atom. The minimum absolute atomic E-state index is 0.0328. The van der Waals surface area contributed by atoms with Crippen molar-refractivity contribution in [2.45, 2.75) is 37.6 Å². The molecule has 3 saturated heterocycles. The smallest absolute Gasteiger partial charge is 0.349 e. The predicted molar refractivity (Wildman–Crippen MR) is 136 cm³/mol. The molecular formula is C27H32NO5S2+. The van der Waals surface area contributed by atoms with Gasteiger partial charge in [-0.25, -0.2) is 4.79 Å². The number of quaternary nitrogens is 1. The van der Waals surface area contributed by atoms with Crippen LogP contribution in [0.3, 0.4) is 0 Å². The van der Waals surface area contributed by atoms with E-state index in [1.54, 1.807) is 12.1 Å². The van der Waals surface area contributed by atoms with Crippen molar-refractivity contribution in [2.24, 2.45) is 5.92 Å². The van der Waals surface area contributed by atoms with Crippen LogP contribution in [-0.4, -0.2) is 59.6 Å². The Bertz CT molecular complexity index is 1060. The van der Waals surface area contributed by atoms with Gasteiger partial charge in [0.1, 0.15) is 12.3 Å². The molecule has 3 aliphatic rings. The van der Waals surface area contributed by atoms with Crippen LogP contribution in [-0.2, 0) is 21.7 Å². The van der Waals surface area contributed by atoms with E-state index in [9.17, 15) is 15.0 Å². The van der Waals surface area contributed by atoms with Gasteiger partial charge in [-0.05, 0) is 40.6 Å². The van der Waals surface area contributed by atoms with Gasteiger partial charge in [-0.15, -0.1) is 22.7 Å². The number of aliphatic hydroxyl groups is 2. The number of aliphatic hydroxyl groups excluding tert-OH is 1. The lowest BCUT2D eigenvalue weighted by molar-refractivity contribution is -0.946. The lowest BCUT2D eigenvalue weighted by atomic mass is 9.83. The maximum absolute atomic E-state index is 13.5. The number of hydrogen-bond donors (Lipinski definition) is 2. The van der Waals surface area contributed by atoms with E-state index >= 15 is 0 Å². The monoisotopic (exact) mass is 514 g/mol. The number of carbonyl (C=O) groups is 1. The van der Waals surface area contributed by atoms with E-state index in [0.717, 1.165) is 61.2 Å². The number of thiophene rings is 2. The first kappa shape index (κ1) is 24.5. The number of benzene rings is 1. The standard InChI is InChI=1S/C27H32NO5S2/c29-19-20-6-8-22(9-7-20)32-15-3-12-28-13-10-21(11-14-28)23(18-28)33-26(30)27(31,24-4-1-16-34-24)25-5-2-17-35-25/h1-2,4-9,16-17,21,23,29,31H,3,10-15,18-19H2/q+1. The molecule has 0 aliphatic carbocycles. The van der Waals surface area contributed by atoms with Crippen molar-refractivity contribution in [3.63, 3.8) is 0 Å². The quantitative estimate of drug-likeness (QED) is 0.241. The number of nitrogens with zero attached hydrogens (tertiary/aromatic N) is 1. The maximum atomic E-state index is 13.5. The Hall–Kier alpha value is -2.23. The maximum Gasteiger partial charge on any atom is 0.349 e. The number of ether oxygens (including phenoxy) is 2. The molecule has 35 heavy (non-hydrogen) atoms. The van der Waals surface area contributed by atoms with E-state index < -0.39 is 11.6 Å². The molecule has 1 unspecified atom stereocenters. The van der Waals surface area contributed by atoms with Crippen LogP contribution in [0.4, 0.5) is 0 Å². The zero-order valence-electron chi connectivity index (χ0n) is 19.7. The van der Waals surface area contributed by atoms with Gasteiger partial charge in [0.25, 0.3) is 0 Å². The average molecular weight is 515 g/mol. The predicted octanol–water partition coefficient (Wildman–Crippen LogP) is 4.16. The molecule has 1 atom stereocenters. The van der Waals surface area contributed by atoms with Crippen LogP contribution < -0.4 is 4.74 Å². The molecule has 2 N–H and O–H groups in total. The van der Waals surface area contributed by atoms with Crippen molar-refractivity contribution >= 4 is 28.6 Å². The highest BCUT2D eigenvalue weighted by Gasteiger charge is 2.51. The van der Waals surface area contributed by atoms with Crippen LogP contribution in [0.5, 0.6) is 5.75 Å². The number of carbonyl (C=O) groups excluding carboxylic acids is 1. The lowest BCUT2D eigenvalue weighted by Gasteiger charge is -2.52. The van der Waals surface area contributed by atoms with Gasteiger partial charge in [0, 0.05) is 25.2 Å². The number of fused-ring (bicyclic) bond motifs is 3. The second kappa shape index (κ2) is 10.4. The van der Waals surface area contributed by atoms with Crippen molar-refractivity contribution in [3.05, 3.63) is 74.6 Å². The van der Waals surface area contributed by atoms with Crippen molar-refractivity contribution in [1.82, 2.24) is 0 Å². The fraction of sp³-hybridized carbons (Fsp3) is 0.444. The molecule has 186 valence electrons. The zero-order valence-corrected chi connectivity index (χ0v) is 21.3. The molecule has 3 fully saturated rings. The van der Waals surface area contributed by atoms with Crippen LogP contribution in [0.25, 0.3) is 0 Å². The molecule has 8 heteroatoms. The zero-order chi connectivity index (χ0) is 24.3. The summed E-state index contributed by atoms with van der Waals surface area (Å²) in [6, 6.07) is 14.8. The minimum Gasteiger partial charge on any atom is -0.493 e. The Morgan fingerprint density at radius 1 is 1.03 bits per heavy atom. The molecule has 2 aromatic heterocycles. The second-order valence-corrected chi connectivity index (χ2v) is 11.5. The molecule has 5 heterocycles. The lowest BCUT2D eigenvalue weighted by Crippen LogP contribution is -2.65. The molecular weight excluding hydrogens is 482 g/mol. The second-order valence-electron chi connectivity index (χ2n) is 9.65. The average Bonchev–Trinajstić information content (AvgIpc) is 3.63. The Labute approximate surface area is 214 Å². The highest BCUT2D eigenvalue weighted by Crippen LogP contribution is 2.40. The van der Waals surface area contributed by atoms with Gasteiger partial charge in [-0.2, -0.15) is 0 Å². The molecule has 3 aliphatic heterocycles. The highest BCUT2D eigenvalue weighted by molar-refractivity contribution is 7.12. The van der Waals surface area contributed by atoms with Crippen molar-refractivity contribution < 1.29 is 29.0 Å². The third kappa shape index (κ3) is 5.04. The number of esters is 1. The number of piperidine rings is 3. The molecule has 6 rings (SSSR count). The fourth-order valence-electron chi connectivity index (χ4n) is 5.46. The van der Waals surface area contributed by atoms with Gasteiger partial charge in [-0.3, -0.25) is 0 Å². The Balaban J connectivity index is 1.21. The summed E-state index contributed by atoms with van der Waals surface area (Å²) in [4.78, 5) is 14.7. The third-order valence-electron chi connectivity index (χ3n) is 7.50. The summed E-state index contributed by atoms with van der Waals surface area (Å²) in [6.45, 7) is 4.64. The van der Waals surface area contributed by atoms with Gasteiger partial charge in [0.05, 0.1) is 42.6 Å². The summed E-state index contributed by atoms with van der Waals surface area (Å²) in [6.07, 6.45) is 2.82. The van der Waals surface area contributed by atoms with Crippen LogP contribution in [0.2, 0.25) is 0 Å². The minimum atomic E-state index is -1.75. The third-order valence-corrected chi connectivity index (χ3v) is 9.46. The highest BCUT2D eigenvalue weighted by atomic mass is 32.1. The van der Waals surface area contributed by atoms with Crippen LogP contribution in [0, 0.1) is 5.92 Å². The van der Waals surface area contributed by atoms with Crippen LogP contribution in [0.1, 0.15) is 34.6 Å². The summed E-state index contributed by atoms with van der Waals surface area (Å²) in [7, 11) is 0. The molecule has 0 saturated carbocycles. The first-order chi connectivity index (χ1) is 17.0. The molecule has 3 aromatic rings. The van der Waals surface area contributed by atoms with Crippen molar-refractivity contribution in [1.29, 1.82) is 0 Å². The van der Waals surface area contributed by atoms with Crippen LogP contribution >= 0.6 is 22.7 Å². The van der Waals surface area contributed by atoms with Crippen LogP contribution in [0.15, 0.2) is 59.3 Å². The molecule has 2 bridgehead atoms. The van der Waals surface area contributed by atoms with E-state index in [4.69, 9.17) is 9.47 Å². The van der Waals surface area contributed by atoms with E-state index in [1.807, 2.05) is 47.2 Å². The number of hydrogen-bond acceptors (Lipinski definition) is 7. The summed E-state index contributed by atoms with van der Waals surface area (Å²) in [5, 5.41) is 24.5. The van der Waals surface area contributed by atoms with Gasteiger partial charge in [-0.1, -0.05) is 24.3 Å². The Kier molecular flexibility index (Phi) is 7.27. The number of rotatable bonds is 10. The van der Waals surface area contributed by atoms with E-state index in [-0.39, 0.29) is 12.7 Å². The first-order valence-corrected chi connectivity index (χ1v) is 14.0. The molecule has 1 aromatic carbocycles. The molecule has 0 spiro atoms. The molecule has 0 amide bonds. The van der Waals surface area contributed by atoms with Gasteiger partial charge in [0.15, 0.2) is 6.10 Å². The molecule has 6 nitrogen and oxygen atoms in total. The largest absolute Gasteiger partial charge is 0.493 e. The summed E-state index contributed by atoms with van der Waals surface area (Å²) >= 11 is 2.74. The van der Waals surface area contributed by atoms with E-state index in [2.05, 4.69) is 0 Å². The first-order valence-electron chi connectivity index (χ1n) is 12.2. The van der Waals surface area contributed by atoms with Crippen molar-refractivity contribution in [3.8, 4) is 5.75 Å². The Morgan fingerprint density at radius 2 is 1.69 bits per heavy atom. The molecule has 0 radical (unpaired) electrons. The van der Waals surface area contributed by atoms with Crippen molar-refractivity contribution in [2.75, 3.05) is 32.8 Å². The normalized spacial score (nSPS) is 23.8. The van der Waals surface area contributed by atoms with Gasteiger partial charge in [0.2, 0.25) is 5.60 Å². The topological polar surface area (TPSA) is 76.0 Å². The van der Waals surface area contributed by atoms with E-state index in [1.165, 1.54) is 22.7 Å². The van der Waals surface area contributed by atoms with Gasteiger partial charge < -0.3 is 24.2 Å².